The van der Waals surface area contributed by atoms with Gasteiger partial charge in [0, 0.05) is 5.56 Å². The largest absolute Gasteiger partial charge is 0.489 e. The number of carbonyl (C=O) groups is 1. The molecule has 2 aromatic rings. The molecular formula is C15H12Br2O2. The Morgan fingerprint density at radius 3 is 2.21 bits per heavy atom. The van der Waals surface area contributed by atoms with E-state index in [-0.39, 0.29) is 9.52 Å². The number of halogens is 2. The SMILES string of the molecule is O=C(c1ccc(OCc2ccccc2)cc1)C(Br)Br. The number of rotatable bonds is 5. The molecule has 0 fully saturated rings. The molecule has 0 N–H and O–H groups in total. The van der Waals surface area contributed by atoms with Crippen LogP contribution in [-0.4, -0.2) is 9.52 Å². The molecule has 0 unspecified atom stereocenters. The Labute approximate surface area is 129 Å². The Morgan fingerprint density at radius 1 is 1.00 bits per heavy atom. The first-order chi connectivity index (χ1) is 9.16. The Balaban J connectivity index is 1.98. The molecule has 0 aliphatic heterocycles. The van der Waals surface area contributed by atoms with Gasteiger partial charge in [0.1, 0.15) is 16.1 Å². The van der Waals surface area contributed by atoms with E-state index in [0.29, 0.717) is 12.2 Å². The zero-order chi connectivity index (χ0) is 13.7. The van der Waals surface area contributed by atoms with E-state index in [9.17, 15) is 4.79 Å². The van der Waals surface area contributed by atoms with Gasteiger partial charge in [-0.2, -0.15) is 0 Å². The van der Waals surface area contributed by atoms with Crippen molar-refractivity contribution in [2.75, 3.05) is 0 Å². The van der Waals surface area contributed by atoms with Crippen molar-refractivity contribution in [1.82, 2.24) is 0 Å². The van der Waals surface area contributed by atoms with Crippen LogP contribution in [0.4, 0.5) is 0 Å². The van der Waals surface area contributed by atoms with Crippen molar-refractivity contribution in [2.45, 2.75) is 10.3 Å². The van der Waals surface area contributed by atoms with E-state index in [1.165, 1.54) is 0 Å². The molecule has 0 aromatic heterocycles. The van der Waals surface area contributed by atoms with Gasteiger partial charge < -0.3 is 4.74 Å². The summed E-state index contributed by atoms with van der Waals surface area (Å²) in [6.45, 7) is 0.521. The third-order valence-electron chi connectivity index (χ3n) is 2.59. The molecule has 2 rings (SSSR count). The summed E-state index contributed by atoms with van der Waals surface area (Å²) in [5.74, 6) is 0.746. The molecule has 0 aliphatic carbocycles. The fraction of sp³-hybridized carbons (Fsp3) is 0.133. The first-order valence-electron chi connectivity index (χ1n) is 5.76. The fourth-order valence-electron chi connectivity index (χ4n) is 1.58. The topological polar surface area (TPSA) is 26.3 Å². The van der Waals surface area contributed by atoms with Gasteiger partial charge in [-0.1, -0.05) is 62.2 Å². The number of ether oxygens (including phenoxy) is 1. The number of hydrogen-bond acceptors (Lipinski definition) is 2. The number of benzene rings is 2. The van der Waals surface area contributed by atoms with Gasteiger partial charge in [0.25, 0.3) is 0 Å². The van der Waals surface area contributed by atoms with E-state index in [2.05, 4.69) is 31.9 Å². The maximum absolute atomic E-state index is 11.7. The van der Waals surface area contributed by atoms with Crippen molar-refractivity contribution in [3.8, 4) is 5.75 Å². The van der Waals surface area contributed by atoms with Crippen molar-refractivity contribution < 1.29 is 9.53 Å². The highest BCUT2D eigenvalue weighted by atomic mass is 79.9. The van der Waals surface area contributed by atoms with Gasteiger partial charge in [0.2, 0.25) is 0 Å². The molecular weight excluding hydrogens is 372 g/mol. The number of alkyl halides is 2. The third kappa shape index (κ3) is 4.18. The summed E-state index contributed by atoms with van der Waals surface area (Å²) in [5, 5.41) is 0. The average Bonchev–Trinajstić information content (AvgIpc) is 2.46. The van der Waals surface area contributed by atoms with Crippen LogP contribution in [-0.2, 0) is 6.61 Å². The van der Waals surface area contributed by atoms with Crippen molar-refractivity contribution in [3.05, 3.63) is 65.7 Å². The fourth-order valence-corrected chi connectivity index (χ4v) is 2.11. The number of carbonyl (C=O) groups excluding carboxylic acids is 1. The second-order valence-corrected chi connectivity index (χ2v) is 7.02. The van der Waals surface area contributed by atoms with Crippen molar-refractivity contribution >= 4 is 37.6 Å². The summed E-state index contributed by atoms with van der Waals surface area (Å²) in [6.07, 6.45) is 0. The van der Waals surface area contributed by atoms with Crippen molar-refractivity contribution in [2.24, 2.45) is 0 Å². The van der Waals surface area contributed by atoms with Gasteiger partial charge in [0.15, 0.2) is 5.78 Å². The van der Waals surface area contributed by atoms with Crippen molar-refractivity contribution in [3.63, 3.8) is 0 Å². The van der Waals surface area contributed by atoms with Crippen LogP contribution >= 0.6 is 31.9 Å². The molecule has 0 atom stereocenters. The van der Waals surface area contributed by atoms with Gasteiger partial charge in [-0.25, -0.2) is 0 Å². The van der Waals surface area contributed by atoms with Gasteiger partial charge in [-0.15, -0.1) is 0 Å². The maximum atomic E-state index is 11.7. The molecule has 0 bridgehead atoms. The first kappa shape index (κ1) is 14.3. The van der Waals surface area contributed by atoms with E-state index < -0.39 is 0 Å². The molecule has 0 radical (unpaired) electrons. The molecule has 0 spiro atoms. The Bertz CT molecular complexity index is 536. The summed E-state index contributed by atoms with van der Waals surface area (Å²) in [4.78, 5) is 11.7. The summed E-state index contributed by atoms with van der Waals surface area (Å²) in [6, 6.07) is 17.1. The maximum Gasteiger partial charge on any atom is 0.187 e. The van der Waals surface area contributed by atoms with Crippen molar-refractivity contribution in [1.29, 1.82) is 0 Å². The number of Topliss-reactive ketones (excluding diaryl/α,β-unsaturated/α-hetero) is 1. The van der Waals surface area contributed by atoms with Crippen LogP contribution in [0.5, 0.6) is 5.75 Å². The third-order valence-corrected chi connectivity index (χ3v) is 3.42. The molecule has 2 aromatic carbocycles. The van der Waals surface area contributed by atoms with E-state index in [4.69, 9.17) is 4.74 Å². The Kier molecular flexibility index (Phi) is 5.16. The lowest BCUT2D eigenvalue weighted by Gasteiger charge is -2.07. The second-order valence-electron chi connectivity index (χ2n) is 3.96. The summed E-state index contributed by atoms with van der Waals surface area (Å²) < 4.78 is 5.30. The lowest BCUT2D eigenvalue weighted by molar-refractivity contribution is 0.101. The highest BCUT2D eigenvalue weighted by Gasteiger charge is 2.12. The van der Waals surface area contributed by atoms with Crippen LogP contribution in [0.15, 0.2) is 54.6 Å². The second kappa shape index (κ2) is 6.87. The zero-order valence-electron chi connectivity index (χ0n) is 10.1. The lowest BCUT2D eigenvalue weighted by Crippen LogP contribution is -2.06. The lowest BCUT2D eigenvalue weighted by atomic mass is 10.1. The number of ketones is 1. The number of hydrogen-bond donors (Lipinski definition) is 0. The van der Waals surface area contributed by atoms with E-state index >= 15 is 0 Å². The summed E-state index contributed by atoms with van der Waals surface area (Å²) in [5.41, 5.74) is 1.76. The molecule has 0 saturated carbocycles. The van der Waals surface area contributed by atoms with Crippen LogP contribution in [0.1, 0.15) is 15.9 Å². The summed E-state index contributed by atoms with van der Waals surface area (Å²) >= 11 is 6.38. The Hall–Kier alpha value is -1.13. The van der Waals surface area contributed by atoms with Crippen LogP contribution in [0.25, 0.3) is 0 Å². The first-order valence-corrected chi connectivity index (χ1v) is 7.59. The standard InChI is InChI=1S/C15H12Br2O2/c16-15(17)14(18)12-6-8-13(9-7-12)19-10-11-4-2-1-3-5-11/h1-9,15H,10H2. The van der Waals surface area contributed by atoms with E-state index in [1.54, 1.807) is 24.3 Å². The smallest absolute Gasteiger partial charge is 0.187 e. The molecule has 0 heterocycles. The molecule has 19 heavy (non-hydrogen) atoms. The predicted molar refractivity (Wildman–Crippen MR) is 83.2 cm³/mol. The molecule has 0 aliphatic rings. The van der Waals surface area contributed by atoms with Crippen LogP contribution in [0, 0.1) is 0 Å². The molecule has 98 valence electrons. The predicted octanol–water partition coefficient (Wildman–Crippen LogP) is 4.56. The molecule has 2 nitrogen and oxygen atoms in total. The normalized spacial score (nSPS) is 10.5. The highest BCUT2D eigenvalue weighted by Crippen LogP contribution is 2.19. The van der Waals surface area contributed by atoms with E-state index in [0.717, 1.165) is 11.3 Å². The average molecular weight is 384 g/mol. The molecule has 0 saturated heterocycles. The minimum Gasteiger partial charge on any atom is -0.489 e. The van der Waals surface area contributed by atoms with Gasteiger partial charge in [-0.05, 0) is 29.8 Å². The van der Waals surface area contributed by atoms with Crippen LogP contribution in [0.2, 0.25) is 0 Å². The van der Waals surface area contributed by atoms with Gasteiger partial charge >= 0.3 is 0 Å². The Morgan fingerprint density at radius 2 is 1.63 bits per heavy atom. The van der Waals surface area contributed by atoms with Crippen LogP contribution in [0.3, 0.4) is 0 Å². The van der Waals surface area contributed by atoms with Crippen LogP contribution < -0.4 is 4.74 Å². The zero-order valence-corrected chi connectivity index (χ0v) is 13.2. The highest BCUT2D eigenvalue weighted by molar-refractivity contribution is 9.25. The van der Waals surface area contributed by atoms with E-state index in [1.807, 2.05) is 30.3 Å². The quantitative estimate of drug-likeness (QED) is 0.558. The van der Waals surface area contributed by atoms with Gasteiger partial charge in [0.05, 0.1) is 0 Å². The minimum absolute atomic E-state index is 0.00499. The van der Waals surface area contributed by atoms with Gasteiger partial charge in [-0.3, -0.25) is 4.79 Å². The monoisotopic (exact) mass is 382 g/mol. The molecule has 0 amide bonds. The summed E-state index contributed by atoms with van der Waals surface area (Å²) in [7, 11) is 0. The minimum atomic E-state index is -0.351. The molecule has 4 heteroatoms.